The van der Waals surface area contributed by atoms with Crippen molar-refractivity contribution >= 4 is 27.5 Å². The van der Waals surface area contributed by atoms with Gasteiger partial charge in [0.15, 0.2) is 0 Å². The molecule has 0 saturated carbocycles. The molecule has 2 N–H and O–H groups in total. The van der Waals surface area contributed by atoms with E-state index in [0.717, 1.165) is 15.7 Å². The highest BCUT2D eigenvalue weighted by Crippen LogP contribution is 2.18. The van der Waals surface area contributed by atoms with E-state index in [0.29, 0.717) is 12.6 Å². The molecule has 0 bridgehead atoms. The Bertz CT molecular complexity index is 357. The van der Waals surface area contributed by atoms with Gasteiger partial charge in [0.25, 0.3) is 0 Å². The maximum absolute atomic E-state index is 11.6. The van der Waals surface area contributed by atoms with Crippen LogP contribution in [0.25, 0.3) is 0 Å². The minimum atomic E-state index is -0.0220. The second-order valence-electron chi connectivity index (χ2n) is 4.10. The number of carbonyl (C=O) groups excluding carboxylic acids is 1. The molecule has 0 atom stereocenters. The van der Waals surface area contributed by atoms with Gasteiger partial charge in [-0.25, -0.2) is 0 Å². The van der Waals surface area contributed by atoms with Gasteiger partial charge in [-0.05, 0) is 30.7 Å². The number of nitrogens with one attached hydrogen (secondary N) is 2. The zero-order chi connectivity index (χ0) is 12.1. The highest BCUT2D eigenvalue weighted by molar-refractivity contribution is 9.10. The van der Waals surface area contributed by atoms with E-state index in [-0.39, 0.29) is 5.91 Å². The lowest BCUT2D eigenvalue weighted by Gasteiger charge is -2.09. The van der Waals surface area contributed by atoms with E-state index in [2.05, 4.69) is 26.6 Å². The molecule has 1 rings (SSSR count). The molecule has 0 radical (unpaired) electrons. The van der Waals surface area contributed by atoms with Gasteiger partial charge in [0.05, 0.1) is 6.54 Å². The van der Waals surface area contributed by atoms with Gasteiger partial charge in [-0.15, -0.1) is 0 Å². The molecule has 0 aromatic heterocycles. The van der Waals surface area contributed by atoms with Gasteiger partial charge in [-0.2, -0.15) is 0 Å². The molecule has 0 aliphatic rings. The van der Waals surface area contributed by atoms with Gasteiger partial charge in [0, 0.05) is 16.2 Å². The van der Waals surface area contributed by atoms with Gasteiger partial charge in [0.1, 0.15) is 0 Å². The van der Waals surface area contributed by atoms with E-state index in [4.69, 9.17) is 0 Å². The van der Waals surface area contributed by atoms with E-state index in [9.17, 15) is 4.79 Å². The number of carbonyl (C=O) groups is 1. The van der Waals surface area contributed by atoms with Crippen molar-refractivity contribution in [1.29, 1.82) is 0 Å². The van der Waals surface area contributed by atoms with Crippen LogP contribution in [-0.4, -0.2) is 18.5 Å². The normalized spacial score (nSPS) is 10.6. The van der Waals surface area contributed by atoms with Crippen molar-refractivity contribution < 1.29 is 4.79 Å². The molecule has 1 amide bonds. The Morgan fingerprint density at radius 1 is 1.38 bits per heavy atom. The van der Waals surface area contributed by atoms with Crippen LogP contribution in [0.15, 0.2) is 22.7 Å². The van der Waals surface area contributed by atoms with Crippen molar-refractivity contribution in [2.45, 2.75) is 26.8 Å². The molecule has 4 heteroatoms. The topological polar surface area (TPSA) is 41.1 Å². The van der Waals surface area contributed by atoms with Gasteiger partial charge < -0.3 is 10.6 Å². The summed E-state index contributed by atoms with van der Waals surface area (Å²) in [6.07, 6.45) is 0. The second kappa shape index (κ2) is 6.01. The van der Waals surface area contributed by atoms with Crippen LogP contribution in [0.4, 0.5) is 5.69 Å². The van der Waals surface area contributed by atoms with Crippen LogP contribution in [0.5, 0.6) is 0 Å². The first-order valence-electron chi connectivity index (χ1n) is 5.28. The zero-order valence-corrected chi connectivity index (χ0v) is 11.4. The van der Waals surface area contributed by atoms with Crippen LogP contribution in [0.2, 0.25) is 0 Å². The summed E-state index contributed by atoms with van der Waals surface area (Å²) in [5.74, 6) is -0.0220. The van der Waals surface area contributed by atoms with Crippen LogP contribution in [0, 0.1) is 6.92 Å². The van der Waals surface area contributed by atoms with E-state index >= 15 is 0 Å². The quantitative estimate of drug-likeness (QED) is 0.893. The first-order valence-corrected chi connectivity index (χ1v) is 6.07. The molecule has 16 heavy (non-hydrogen) atoms. The number of amides is 1. The average Bonchev–Trinajstić information content (AvgIpc) is 2.12. The summed E-state index contributed by atoms with van der Waals surface area (Å²) in [7, 11) is 0. The maximum atomic E-state index is 11.6. The number of aryl methyl sites for hydroxylation is 1. The van der Waals surface area contributed by atoms with Crippen molar-refractivity contribution in [2.24, 2.45) is 0 Å². The summed E-state index contributed by atoms with van der Waals surface area (Å²) in [6, 6.07) is 6.15. The molecular formula is C12H17BrN2O. The first kappa shape index (κ1) is 13.2. The van der Waals surface area contributed by atoms with Crippen molar-refractivity contribution in [2.75, 3.05) is 11.9 Å². The SMILES string of the molecule is Cc1cc(Br)cc(NC(=O)CNC(C)C)c1. The molecule has 0 unspecified atom stereocenters. The Labute approximate surface area is 105 Å². The van der Waals surface area contributed by atoms with Crippen LogP contribution in [0.1, 0.15) is 19.4 Å². The Kier molecular flexibility index (Phi) is 4.96. The molecule has 1 aromatic rings. The molecule has 0 saturated heterocycles. The summed E-state index contributed by atoms with van der Waals surface area (Å²) < 4.78 is 0.972. The monoisotopic (exact) mass is 284 g/mol. The minimum absolute atomic E-state index is 0.0220. The maximum Gasteiger partial charge on any atom is 0.238 e. The number of benzene rings is 1. The highest BCUT2D eigenvalue weighted by atomic mass is 79.9. The van der Waals surface area contributed by atoms with Crippen LogP contribution >= 0.6 is 15.9 Å². The molecular weight excluding hydrogens is 268 g/mol. The lowest BCUT2D eigenvalue weighted by Crippen LogP contribution is -2.32. The molecule has 0 fully saturated rings. The summed E-state index contributed by atoms with van der Waals surface area (Å²) in [4.78, 5) is 11.6. The largest absolute Gasteiger partial charge is 0.325 e. The molecule has 1 aromatic carbocycles. The molecule has 0 aliphatic heterocycles. The second-order valence-corrected chi connectivity index (χ2v) is 5.02. The molecule has 0 spiro atoms. The summed E-state index contributed by atoms with van der Waals surface area (Å²) in [6.45, 7) is 6.35. The van der Waals surface area contributed by atoms with Crippen molar-refractivity contribution in [3.63, 3.8) is 0 Å². The molecule has 0 heterocycles. The Morgan fingerprint density at radius 3 is 2.62 bits per heavy atom. The van der Waals surface area contributed by atoms with Crippen molar-refractivity contribution in [3.05, 3.63) is 28.2 Å². The van der Waals surface area contributed by atoms with Gasteiger partial charge in [-0.1, -0.05) is 29.8 Å². The van der Waals surface area contributed by atoms with E-state index < -0.39 is 0 Å². The number of hydrogen-bond acceptors (Lipinski definition) is 2. The molecule has 3 nitrogen and oxygen atoms in total. The Balaban J connectivity index is 2.56. The van der Waals surface area contributed by atoms with E-state index in [1.165, 1.54) is 0 Å². The lowest BCUT2D eigenvalue weighted by molar-refractivity contribution is -0.115. The summed E-state index contributed by atoms with van der Waals surface area (Å²) in [5.41, 5.74) is 1.93. The number of anilines is 1. The fourth-order valence-corrected chi connectivity index (χ4v) is 1.92. The van der Waals surface area contributed by atoms with Gasteiger partial charge in [-0.3, -0.25) is 4.79 Å². The number of halogens is 1. The standard InChI is InChI=1S/C12H17BrN2O/c1-8(2)14-7-12(16)15-11-5-9(3)4-10(13)6-11/h4-6,8,14H,7H2,1-3H3,(H,15,16). The fraction of sp³-hybridized carbons (Fsp3) is 0.417. The van der Waals surface area contributed by atoms with Gasteiger partial charge in [0.2, 0.25) is 5.91 Å². The van der Waals surface area contributed by atoms with Crippen molar-refractivity contribution in [3.8, 4) is 0 Å². The fourth-order valence-electron chi connectivity index (χ4n) is 1.31. The summed E-state index contributed by atoms with van der Waals surface area (Å²) in [5, 5.41) is 5.92. The van der Waals surface area contributed by atoms with E-state index in [1.54, 1.807) is 0 Å². The third kappa shape index (κ3) is 4.77. The Hall–Kier alpha value is -0.870. The number of rotatable bonds is 4. The predicted molar refractivity (Wildman–Crippen MR) is 70.6 cm³/mol. The van der Waals surface area contributed by atoms with Crippen LogP contribution < -0.4 is 10.6 Å². The van der Waals surface area contributed by atoms with Gasteiger partial charge >= 0.3 is 0 Å². The molecule has 88 valence electrons. The first-order chi connectivity index (χ1) is 7.47. The highest BCUT2D eigenvalue weighted by Gasteiger charge is 2.03. The Morgan fingerprint density at radius 2 is 2.06 bits per heavy atom. The average molecular weight is 285 g/mol. The zero-order valence-electron chi connectivity index (χ0n) is 9.80. The van der Waals surface area contributed by atoms with Crippen LogP contribution in [0.3, 0.4) is 0 Å². The van der Waals surface area contributed by atoms with E-state index in [1.807, 2.05) is 39.0 Å². The third-order valence-corrected chi connectivity index (χ3v) is 2.45. The van der Waals surface area contributed by atoms with Crippen molar-refractivity contribution in [1.82, 2.24) is 5.32 Å². The summed E-state index contributed by atoms with van der Waals surface area (Å²) >= 11 is 3.40. The number of hydrogen-bond donors (Lipinski definition) is 2. The lowest BCUT2D eigenvalue weighted by atomic mass is 10.2. The smallest absolute Gasteiger partial charge is 0.238 e. The molecule has 0 aliphatic carbocycles. The third-order valence-electron chi connectivity index (χ3n) is 2.00. The minimum Gasteiger partial charge on any atom is -0.325 e. The van der Waals surface area contributed by atoms with Crippen LogP contribution in [-0.2, 0) is 4.79 Å². The predicted octanol–water partition coefficient (Wildman–Crippen LogP) is 2.69.